The number of benzene rings is 2. The van der Waals surface area contributed by atoms with Crippen molar-refractivity contribution in [1.29, 1.82) is 0 Å². The number of anilines is 1. The molecule has 0 spiro atoms. The van der Waals surface area contributed by atoms with Crippen LogP contribution in [0.25, 0.3) is 0 Å². The first-order chi connectivity index (χ1) is 11.3. The second-order valence-electron chi connectivity index (χ2n) is 5.55. The van der Waals surface area contributed by atoms with E-state index in [1.54, 1.807) is 0 Å². The third kappa shape index (κ3) is 4.77. The van der Waals surface area contributed by atoms with Crippen molar-refractivity contribution in [2.45, 2.75) is 30.7 Å². The Morgan fingerprint density at radius 3 is 2.46 bits per heavy atom. The molecule has 2 rings (SSSR count). The maximum absolute atomic E-state index is 11.3. The maximum Gasteiger partial charge on any atom is 0.293 e. The number of nitrogens with one attached hydrogen (secondary N) is 1. The van der Waals surface area contributed by atoms with Crippen molar-refractivity contribution in [2.24, 2.45) is 5.14 Å². The summed E-state index contributed by atoms with van der Waals surface area (Å²) >= 11 is 0. The quantitative estimate of drug-likeness (QED) is 0.589. The van der Waals surface area contributed by atoms with Gasteiger partial charge in [-0.1, -0.05) is 30.3 Å². The standard InChI is InChI=1S/C16H19N3O4S/c1-12(7-8-13-5-3-2-4-6-13)18-15-10-9-14(24(17,22)23)11-16(15)19(20)21/h2-6,9-12,18H,7-8H2,1H3,(H2,17,22,23)/t12-/m1/s1. The number of primary sulfonamides is 1. The molecule has 24 heavy (non-hydrogen) atoms. The van der Waals surface area contributed by atoms with Crippen LogP contribution in [0.5, 0.6) is 0 Å². The Labute approximate surface area is 140 Å². The number of rotatable bonds is 7. The highest BCUT2D eigenvalue weighted by Crippen LogP contribution is 2.28. The van der Waals surface area contributed by atoms with Crippen LogP contribution in [0.3, 0.4) is 0 Å². The topological polar surface area (TPSA) is 115 Å². The number of sulfonamides is 1. The third-order valence-electron chi connectivity index (χ3n) is 3.61. The van der Waals surface area contributed by atoms with Crippen molar-refractivity contribution in [3.8, 4) is 0 Å². The highest BCUT2D eigenvalue weighted by molar-refractivity contribution is 7.89. The SMILES string of the molecule is C[C@H](CCc1ccccc1)Nc1ccc(S(N)(=O)=O)cc1[N+](=O)[O-]. The third-order valence-corrected chi connectivity index (χ3v) is 4.52. The van der Waals surface area contributed by atoms with Crippen LogP contribution in [0.15, 0.2) is 53.4 Å². The van der Waals surface area contributed by atoms with E-state index in [9.17, 15) is 18.5 Å². The molecule has 0 saturated heterocycles. The zero-order valence-electron chi connectivity index (χ0n) is 13.2. The van der Waals surface area contributed by atoms with Crippen molar-refractivity contribution in [2.75, 3.05) is 5.32 Å². The number of nitrogens with two attached hydrogens (primary N) is 1. The van der Waals surface area contributed by atoms with Gasteiger partial charge >= 0.3 is 0 Å². The number of hydrogen-bond donors (Lipinski definition) is 2. The van der Waals surface area contributed by atoms with Crippen LogP contribution in [0.2, 0.25) is 0 Å². The highest BCUT2D eigenvalue weighted by atomic mass is 32.2. The average molecular weight is 349 g/mol. The second kappa shape index (κ2) is 7.41. The van der Waals surface area contributed by atoms with E-state index in [1.807, 2.05) is 37.3 Å². The van der Waals surface area contributed by atoms with Gasteiger partial charge < -0.3 is 5.32 Å². The molecule has 128 valence electrons. The fraction of sp³-hybridized carbons (Fsp3) is 0.250. The van der Waals surface area contributed by atoms with Gasteiger partial charge in [0.2, 0.25) is 10.0 Å². The molecule has 7 nitrogen and oxygen atoms in total. The van der Waals surface area contributed by atoms with Crippen LogP contribution in [-0.2, 0) is 16.4 Å². The molecule has 3 N–H and O–H groups in total. The molecule has 0 aliphatic rings. The molecule has 0 aliphatic carbocycles. The van der Waals surface area contributed by atoms with Gasteiger partial charge in [-0.3, -0.25) is 10.1 Å². The second-order valence-corrected chi connectivity index (χ2v) is 7.11. The lowest BCUT2D eigenvalue weighted by atomic mass is 10.1. The Morgan fingerprint density at radius 1 is 1.21 bits per heavy atom. The van der Waals surface area contributed by atoms with Gasteiger partial charge in [-0.05, 0) is 37.5 Å². The number of nitrogens with zero attached hydrogens (tertiary/aromatic N) is 1. The van der Waals surface area contributed by atoms with E-state index in [0.29, 0.717) is 0 Å². The fourth-order valence-corrected chi connectivity index (χ4v) is 2.86. The van der Waals surface area contributed by atoms with Crippen LogP contribution in [0.4, 0.5) is 11.4 Å². The number of nitro benzene ring substituents is 1. The number of aryl methyl sites for hydroxylation is 1. The van der Waals surface area contributed by atoms with Gasteiger partial charge in [-0.2, -0.15) is 0 Å². The van der Waals surface area contributed by atoms with Gasteiger partial charge in [-0.25, -0.2) is 13.6 Å². The Kier molecular flexibility index (Phi) is 5.53. The van der Waals surface area contributed by atoms with E-state index in [0.717, 1.165) is 18.9 Å². The molecule has 0 heterocycles. The average Bonchev–Trinajstić information content (AvgIpc) is 2.53. The van der Waals surface area contributed by atoms with E-state index in [2.05, 4.69) is 5.32 Å². The molecule has 0 fully saturated rings. The minimum Gasteiger partial charge on any atom is -0.377 e. The molecular formula is C16H19N3O4S. The first kappa shape index (κ1) is 17.9. The largest absolute Gasteiger partial charge is 0.377 e. The molecule has 8 heteroatoms. The van der Waals surface area contributed by atoms with E-state index < -0.39 is 14.9 Å². The molecular weight excluding hydrogens is 330 g/mol. The van der Waals surface area contributed by atoms with E-state index in [1.165, 1.54) is 17.7 Å². The summed E-state index contributed by atoms with van der Waals surface area (Å²) in [5.74, 6) is 0. The summed E-state index contributed by atoms with van der Waals surface area (Å²) in [6.07, 6.45) is 1.61. The van der Waals surface area contributed by atoms with E-state index in [4.69, 9.17) is 5.14 Å². The number of hydrogen-bond acceptors (Lipinski definition) is 5. The molecule has 0 amide bonds. The summed E-state index contributed by atoms with van der Waals surface area (Å²) in [6.45, 7) is 1.92. The maximum atomic E-state index is 11.3. The van der Waals surface area contributed by atoms with Gasteiger partial charge in [0.25, 0.3) is 5.69 Å². The minimum absolute atomic E-state index is 0.0239. The van der Waals surface area contributed by atoms with Crippen molar-refractivity contribution >= 4 is 21.4 Å². The fourth-order valence-electron chi connectivity index (χ4n) is 2.33. The van der Waals surface area contributed by atoms with Gasteiger partial charge in [-0.15, -0.1) is 0 Å². The molecule has 0 saturated carbocycles. The molecule has 0 aliphatic heterocycles. The summed E-state index contributed by atoms with van der Waals surface area (Å²) in [4.78, 5) is 10.3. The van der Waals surface area contributed by atoms with Crippen molar-refractivity contribution < 1.29 is 13.3 Å². The summed E-state index contributed by atoms with van der Waals surface area (Å²) in [6, 6.07) is 13.5. The van der Waals surface area contributed by atoms with Crippen molar-refractivity contribution in [3.63, 3.8) is 0 Å². The molecule has 0 aromatic heterocycles. The minimum atomic E-state index is -3.98. The zero-order valence-corrected chi connectivity index (χ0v) is 14.0. The van der Waals surface area contributed by atoms with Crippen LogP contribution in [0.1, 0.15) is 18.9 Å². The predicted octanol–water partition coefficient (Wildman–Crippen LogP) is 2.68. The van der Waals surface area contributed by atoms with Gasteiger partial charge in [0, 0.05) is 12.1 Å². The lowest BCUT2D eigenvalue weighted by molar-refractivity contribution is -0.384. The van der Waals surface area contributed by atoms with Crippen LogP contribution < -0.4 is 10.5 Å². The molecule has 0 bridgehead atoms. The molecule has 2 aromatic rings. The predicted molar refractivity (Wildman–Crippen MR) is 92.3 cm³/mol. The first-order valence-corrected chi connectivity index (χ1v) is 8.93. The van der Waals surface area contributed by atoms with Crippen LogP contribution in [0, 0.1) is 10.1 Å². The Balaban J connectivity index is 2.12. The normalized spacial score (nSPS) is 12.6. The van der Waals surface area contributed by atoms with Crippen LogP contribution in [-0.4, -0.2) is 19.4 Å². The number of nitro groups is 1. The molecule has 0 unspecified atom stereocenters. The van der Waals surface area contributed by atoms with Crippen molar-refractivity contribution in [1.82, 2.24) is 0 Å². The molecule has 1 atom stereocenters. The van der Waals surface area contributed by atoms with Gasteiger partial charge in [0.1, 0.15) is 5.69 Å². The summed E-state index contributed by atoms with van der Waals surface area (Å²) in [5, 5.41) is 19.3. The Bertz CT molecular complexity index is 822. The van der Waals surface area contributed by atoms with Gasteiger partial charge in [0.15, 0.2) is 0 Å². The van der Waals surface area contributed by atoms with E-state index in [-0.39, 0.29) is 22.3 Å². The van der Waals surface area contributed by atoms with Gasteiger partial charge in [0.05, 0.1) is 9.82 Å². The van der Waals surface area contributed by atoms with E-state index >= 15 is 0 Å². The first-order valence-electron chi connectivity index (χ1n) is 7.39. The molecule has 2 aromatic carbocycles. The van der Waals surface area contributed by atoms with Crippen molar-refractivity contribution in [3.05, 3.63) is 64.2 Å². The van der Waals surface area contributed by atoms with Crippen LogP contribution >= 0.6 is 0 Å². The molecule has 0 radical (unpaired) electrons. The lowest BCUT2D eigenvalue weighted by Gasteiger charge is -2.15. The highest BCUT2D eigenvalue weighted by Gasteiger charge is 2.20. The summed E-state index contributed by atoms with van der Waals surface area (Å²) in [5.41, 5.74) is 1.14. The monoisotopic (exact) mass is 349 g/mol. The Morgan fingerprint density at radius 2 is 1.88 bits per heavy atom. The lowest BCUT2D eigenvalue weighted by Crippen LogP contribution is -2.18. The zero-order chi connectivity index (χ0) is 17.7. The smallest absolute Gasteiger partial charge is 0.293 e. The summed E-state index contributed by atoms with van der Waals surface area (Å²) in [7, 11) is -3.98. The Hall–Kier alpha value is -2.45. The summed E-state index contributed by atoms with van der Waals surface area (Å²) < 4.78 is 22.7.